The maximum atomic E-state index is 11.3. The molecule has 2 N–H and O–H groups in total. The molecule has 0 aliphatic rings. The number of hydrogen-bond donors (Lipinski definition) is 2. The van der Waals surface area contributed by atoms with Gasteiger partial charge in [0.2, 0.25) is 0 Å². The lowest BCUT2D eigenvalue weighted by molar-refractivity contribution is -0.158. The zero-order chi connectivity index (χ0) is 13.6. The van der Waals surface area contributed by atoms with E-state index in [0.29, 0.717) is 6.61 Å². The number of benzene rings is 1. The first-order valence-electron chi connectivity index (χ1n) is 5.63. The number of carbonyl (C=O) groups is 1. The number of ether oxygens (including phenoxy) is 2. The van der Waals surface area contributed by atoms with Gasteiger partial charge in [0.25, 0.3) is 0 Å². The van der Waals surface area contributed by atoms with Crippen molar-refractivity contribution in [2.45, 2.75) is 19.1 Å². The summed E-state index contributed by atoms with van der Waals surface area (Å²) in [6.07, 6.45) is 0. The Morgan fingerprint density at radius 3 is 2.67 bits per heavy atom. The van der Waals surface area contributed by atoms with Gasteiger partial charge in [0.15, 0.2) is 5.60 Å². The summed E-state index contributed by atoms with van der Waals surface area (Å²) in [5.41, 5.74) is 0.221. The summed E-state index contributed by atoms with van der Waals surface area (Å²) >= 11 is 0. The Bertz CT molecular complexity index is 404. The van der Waals surface area contributed by atoms with Gasteiger partial charge in [-0.2, -0.15) is 0 Å². The van der Waals surface area contributed by atoms with Crippen molar-refractivity contribution in [3.05, 3.63) is 29.8 Å². The second-order valence-corrected chi connectivity index (χ2v) is 4.21. The second kappa shape index (κ2) is 6.37. The van der Waals surface area contributed by atoms with Crippen LogP contribution >= 0.6 is 0 Å². The highest BCUT2D eigenvalue weighted by Gasteiger charge is 2.31. The lowest BCUT2D eigenvalue weighted by Crippen LogP contribution is -2.42. The minimum atomic E-state index is -1.56. The predicted octanol–water partition coefficient (Wildman–Crippen LogP) is 1.17. The topological polar surface area (TPSA) is 67.8 Å². The van der Waals surface area contributed by atoms with Crippen LogP contribution in [0.1, 0.15) is 12.5 Å². The third-order valence-corrected chi connectivity index (χ3v) is 2.57. The largest absolute Gasteiger partial charge is 0.467 e. The molecular weight excluding hydrogens is 234 g/mol. The number of rotatable bonds is 6. The van der Waals surface area contributed by atoms with E-state index in [1.165, 1.54) is 14.0 Å². The molecule has 1 aromatic rings. The first-order chi connectivity index (χ1) is 8.51. The standard InChI is InChI=1S/C13H19NO4/c1-13(16,12(15)18-3)9-14-11-7-5-4-6-10(11)8-17-2/h4-7,14,16H,8-9H2,1-3H3. The Balaban J connectivity index is 2.71. The maximum Gasteiger partial charge on any atom is 0.339 e. The van der Waals surface area contributed by atoms with Crippen LogP contribution in [0.3, 0.4) is 0 Å². The van der Waals surface area contributed by atoms with E-state index >= 15 is 0 Å². The van der Waals surface area contributed by atoms with Gasteiger partial charge >= 0.3 is 5.97 Å². The molecule has 1 unspecified atom stereocenters. The molecule has 5 heteroatoms. The number of nitrogens with one attached hydrogen (secondary N) is 1. The van der Waals surface area contributed by atoms with E-state index in [4.69, 9.17) is 4.74 Å². The maximum absolute atomic E-state index is 11.3. The van der Waals surface area contributed by atoms with Gasteiger partial charge in [-0.1, -0.05) is 18.2 Å². The molecule has 0 spiro atoms. The molecule has 0 radical (unpaired) electrons. The molecule has 1 atom stereocenters. The predicted molar refractivity (Wildman–Crippen MR) is 68.3 cm³/mol. The minimum absolute atomic E-state index is 0.0698. The first kappa shape index (κ1) is 14.5. The van der Waals surface area contributed by atoms with E-state index in [0.717, 1.165) is 11.3 Å². The summed E-state index contributed by atoms with van der Waals surface area (Å²) in [4.78, 5) is 11.3. The van der Waals surface area contributed by atoms with Gasteiger partial charge in [-0.05, 0) is 13.0 Å². The van der Waals surface area contributed by atoms with Crippen molar-refractivity contribution >= 4 is 11.7 Å². The average Bonchev–Trinajstić information content (AvgIpc) is 2.37. The molecule has 0 aromatic heterocycles. The number of esters is 1. The van der Waals surface area contributed by atoms with E-state index in [2.05, 4.69) is 10.1 Å². The number of anilines is 1. The van der Waals surface area contributed by atoms with Gasteiger partial charge in [0, 0.05) is 18.4 Å². The van der Waals surface area contributed by atoms with Gasteiger partial charge in [-0.15, -0.1) is 0 Å². The quantitative estimate of drug-likeness (QED) is 0.745. The van der Waals surface area contributed by atoms with Crippen LogP contribution in [0.2, 0.25) is 0 Å². The summed E-state index contributed by atoms with van der Waals surface area (Å²) < 4.78 is 9.60. The highest BCUT2D eigenvalue weighted by Crippen LogP contribution is 2.17. The summed E-state index contributed by atoms with van der Waals surface area (Å²) in [6.45, 7) is 1.94. The van der Waals surface area contributed by atoms with Crippen molar-refractivity contribution in [3.63, 3.8) is 0 Å². The minimum Gasteiger partial charge on any atom is -0.467 e. The Morgan fingerprint density at radius 1 is 1.39 bits per heavy atom. The SMILES string of the molecule is COCc1ccccc1NCC(C)(O)C(=O)OC. The normalized spacial score (nSPS) is 13.8. The molecule has 100 valence electrons. The first-order valence-corrected chi connectivity index (χ1v) is 5.63. The van der Waals surface area contributed by atoms with Crippen LogP contribution in [0.4, 0.5) is 5.69 Å². The molecule has 0 heterocycles. The number of hydrogen-bond acceptors (Lipinski definition) is 5. The molecule has 0 amide bonds. The zero-order valence-electron chi connectivity index (χ0n) is 10.9. The monoisotopic (exact) mass is 253 g/mol. The molecule has 18 heavy (non-hydrogen) atoms. The lowest BCUT2D eigenvalue weighted by atomic mass is 10.1. The fourth-order valence-electron chi connectivity index (χ4n) is 1.53. The second-order valence-electron chi connectivity index (χ2n) is 4.21. The lowest BCUT2D eigenvalue weighted by Gasteiger charge is -2.22. The van der Waals surface area contributed by atoms with Crippen molar-refractivity contribution in [1.29, 1.82) is 0 Å². The summed E-state index contributed by atoms with van der Waals surface area (Å²) in [6, 6.07) is 7.55. The van der Waals surface area contributed by atoms with Gasteiger partial charge in [0.05, 0.1) is 20.3 Å². The van der Waals surface area contributed by atoms with Crippen LogP contribution in [-0.4, -0.2) is 37.4 Å². The fraction of sp³-hybridized carbons (Fsp3) is 0.462. The van der Waals surface area contributed by atoms with E-state index in [-0.39, 0.29) is 6.54 Å². The number of aliphatic hydroxyl groups is 1. The van der Waals surface area contributed by atoms with E-state index in [9.17, 15) is 9.90 Å². The van der Waals surface area contributed by atoms with Crippen LogP contribution in [0.25, 0.3) is 0 Å². The fourth-order valence-corrected chi connectivity index (χ4v) is 1.53. The zero-order valence-corrected chi connectivity index (χ0v) is 10.9. The van der Waals surface area contributed by atoms with E-state index < -0.39 is 11.6 Å². The third-order valence-electron chi connectivity index (χ3n) is 2.57. The van der Waals surface area contributed by atoms with E-state index in [1.54, 1.807) is 7.11 Å². The van der Waals surface area contributed by atoms with Crippen LogP contribution < -0.4 is 5.32 Å². The molecule has 5 nitrogen and oxygen atoms in total. The smallest absolute Gasteiger partial charge is 0.339 e. The Labute approximate surface area is 107 Å². The van der Waals surface area contributed by atoms with Crippen molar-refractivity contribution in [2.24, 2.45) is 0 Å². The van der Waals surface area contributed by atoms with Crippen LogP contribution in [0.15, 0.2) is 24.3 Å². The van der Waals surface area contributed by atoms with Crippen molar-refractivity contribution in [3.8, 4) is 0 Å². The molecule has 0 bridgehead atoms. The average molecular weight is 253 g/mol. The molecular formula is C13H19NO4. The number of para-hydroxylation sites is 1. The van der Waals surface area contributed by atoms with Crippen LogP contribution in [0, 0.1) is 0 Å². The number of carbonyl (C=O) groups excluding carboxylic acids is 1. The Morgan fingerprint density at radius 2 is 2.06 bits per heavy atom. The highest BCUT2D eigenvalue weighted by atomic mass is 16.5. The molecule has 0 saturated carbocycles. The van der Waals surface area contributed by atoms with Gasteiger partial charge in [0.1, 0.15) is 0 Å². The molecule has 0 fully saturated rings. The van der Waals surface area contributed by atoms with Crippen molar-refractivity contribution in [1.82, 2.24) is 0 Å². The molecule has 0 aliphatic carbocycles. The summed E-state index contributed by atoms with van der Waals surface area (Å²) in [5.74, 6) is -0.667. The third kappa shape index (κ3) is 3.72. The van der Waals surface area contributed by atoms with Crippen molar-refractivity contribution in [2.75, 3.05) is 26.1 Å². The summed E-state index contributed by atoms with van der Waals surface area (Å²) in [5, 5.41) is 12.9. The molecule has 1 rings (SSSR count). The Kier molecular flexibility index (Phi) is 5.12. The highest BCUT2D eigenvalue weighted by molar-refractivity contribution is 5.79. The Hall–Kier alpha value is -1.59. The van der Waals surface area contributed by atoms with Crippen LogP contribution in [-0.2, 0) is 20.9 Å². The van der Waals surface area contributed by atoms with Gasteiger partial charge in [-0.3, -0.25) is 0 Å². The van der Waals surface area contributed by atoms with Crippen molar-refractivity contribution < 1.29 is 19.4 Å². The van der Waals surface area contributed by atoms with Gasteiger partial charge < -0.3 is 19.9 Å². The van der Waals surface area contributed by atoms with Crippen LogP contribution in [0.5, 0.6) is 0 Å². The number of methoxy groups -OCH3 is 2. The molecule has 1 aromatic carbocycles. The summed E-state index contributed by atoms with van der Waals surface area (Å²) in [7, 11) is 2.86. The van der Waals surface area contributed by atoms with Gasteiger partial charge in [-0.25, -0.2) is 4.79 Å². The van der Waals surface area contributed by atoms with E-state index in [1.807, 2.05) is 24.3 Å². The molecule has 0 aliphatic heterocycles. The molecule has 0 saturated heterocycles.